The molecule has 0 aliphatic rings. The molecule has 2 aromatic carbocycles. The van der Waals surface area contributed by atoms with Crippen molar-refractivity contribution in [3.8, 4) is 5.75 Å². The molecule has 3 rings (SSSR count). The first-order valence-corrected chi connectivity index (χ1v) is 7.86. The first-order chi connectivity index (χ1) is 11.4. The standard InChI is InChI=1S/C18H16ClNO4/c1-11-7-12(2)9-14(8-11)23-6-5-20-16-4-3-13(19)10-15(16)17(21)24-18(20)22/h3-4,7-10H,5-6H2,1-2H3. The van der Waals surface area contributed by atoms with E-state index in [0.717, 1.165) is 16.9 Å². The van der Waals surface area contributed by atoms with Crippen molar-refractivity contribution in [3.63, 3.8) is 0 Å². The molecule has 0 aliphatic heterocycles. The lowest BCUT2D eigenvalue weighted by molar-refractivity contribution is 0.287. The number of hydrogen-bond acceptors (Lipinski definition) is 4. The Bertz CT molecular complexity index is 999. The fourth-order valence-electron chi connectivity index (χ4n) is 2.68. The third kappa shape index (κ3) is 3.36. The Morgan fingerprint density at radius 3 is 2.50 bits per heavy atom. The number of ether oxygens (including phenoxy) is 1. The second-order valence-electron chi connectivity index (χ2n) is 5.64. The minimum atomic E-state index is -0.709. The fraction of sp³-hybridized carbons (Fsp3) is 0.222. The van der Waals surface area contributed by atoms with Gasteiger partial charge in [-0.05, 0) is 55.3 Å². The summed E-state index contributed by atoms with van der Waals surface area (Å²) in [6.45, 7) is 4.52. The van der Waals surface area contributed by atoms with Crippen LogP contribution in [0, 0.1) is 13.8 Å². The lowest BCUT2D eigenvalue weighted by Gasteiger charge is -2.11. The number of aryl methyl sites for hydroxylation is 2. The highest BCUT2D eigenvalue weighted by molar-refractivity contribution is 6.31. The molecule has 1 heterocycles. The van der Waals surface area contributed by atoms with Crippen LogP contribution in [-0.4, -0.2) is 11.2 Å². The van der Waals surface area contributed by atoms with Gasteiger partial charge < -0.3 is 9.15 Å². The molecule has 0 atom stereocenters. The van der Waals surface area contributed by atoms with Gasteiger partial charge in [-0.15, -0.1) is 0 Å². The van der Waals surface area contributed by atoms with Crippen molar-refractivity contribution in [1.29, 1.82) is 0 Å². The van der Waals surface area contributed by atoms with Crippen molar-refractivity contribution in [3.05, 3.63) is 73.5 Å². The predicted molar refractivity (Wildman–Crippen MR) is 93.2 cm³/mol. The molecule has 5 nitrogen and oxygen atoms in total. The van der Waals surface area contributed by atoms with E-state index in [4.69, 9.17) is 20.8 Å². The summed E-state index contributed by atoms with van der Waals surface area (Å²) >= 11 is 5.90. The van der Waals surface area contributed by atoms with Crippen molar-refractivity contribution in [2.75, 3.05) is 6.61 Å². The van der Waals surface area contributed by atoms with Gasteiger partial charge in [-0.1, -0.05) is 17.7 Å². The largest absolute Gasteiger partial charge is 0.492 e. The van der Waals surface area contributed by atoms with Crippen LogP contribution in [-0.2, 0) is 6.54 Å². The van der Waals surface area contributed by atoms with Gasteiger partial charge in [0.15, 0.2) is 0 Å². The fourth-order valence-corrected chi connectivity index (χ4v) is 2.85. The van der Waals surface area contributed by atoms with E-state index in [9.17, 15) is 9.59 Å². The van der Waals surface area contributed by atoms with Crippen LogP contribution >= 0.6 is 11.6 Å². The van der Waals surface area contributed by atoms with E-state index in [1.165, 1.54) is 10.6 Å². The topological polar surface area (TPSA) is 61.4 Å². The molecule has 1 aromatic heterocycles. The summed E-state index contributed by atoms with van der Waals surface area (Å²) in [5.41, 5.74) is 1.99. The quantitative estimate of drug-likeness (QED) is 0.728. The lowest BCUT2D eigenvalue weighted by atomic mass is 10.1. The van der Waals surface area contributed by atoms with Crippen molar-refractivity contribution in [2.45, 2.75) is 20.4 Å². The van der Waals surface area contributed by atoms with Gasteiger partial charge in [0.2, 0.25) is 0 Å². The van der Waals surface area contributed by atoms with Crippen LogP contribution in [0.15, 0.2) is 50.4 Å². The minimum absolute atomic E-state index is 0.258. The molecule has 0 amide bonds. The summed E-state index contributed by atoms with van der Waals surface area (Å²) in [5.74, 6) is 0.0316. The molecular weight excluding hydrogens is 330 g/mol. The van der Waals surface area contributed by atoms with Crippen molar-refractivity contribution < 1.29 is 9.15 Å². The molecule has 0 saturated heterocycles. The molecule has 6 heteroatoms. The maximum atomic E-state index is 12.0. The van der Waals surface area contributed by atoms with Gasteiger partial charge >= 0.3 is 11.4 Å². The second-order valence-corrected chi connectivity index (χ2v) is 6.08. The van der Waals surface area contributed by atoms with Crippen LogP contribution in [0.3, 0.4) is 0 Å². The summed E-state index contributed by atoms with van der Waals surface area (Å²) in [7, 11) is 0. The molecule has 0 radical (unpaired) electrons. The Kier molecular flexibility index (Phi) is 4.44. The summed E-state index contributed by atoms with van der Waals surface area (Å²) in [5, 5.41) is 0.681. The van der Waals surface area contributed by atoms with Crippen molar-refractivity contribution >= 4 is 22.5 Å². The van der Waals surface area contributed by atoms with E-state index < -0.39 is 11.4 Å². The van der Waals surface area contributed by atoms with Gasteiger partial charge in [0, 0.05) is 5.02 Å². The molecule has 3 aromatic rings. The Balaban J connectivity index is 1.88. The average Bonchev–Trinajstić information content (AvgIpc) is 2.50. The van der Waals surface area contributed by atoms with E-state index in [-0.39, 0.29) is 18.5 Å². The van der Waals surface area contributed by atoms with Crippen molar-refractivity contribution in [1.82, 2.24) is 4.57 Å². The first-order valence-electron chi connectivity index (χ1n) is 7.48. The number of nitrogens with zero attached hydrogens (tertiary/aromatic N) is 1. The monoisotopic (exact) mass is 345 g/mol. The Labute approximate surface area is 143 Å². The molecule has 0 fully saturated rings. The summed E-state index contributed by atoms with van der Waals surface area (Å²) in [6.07, 6.45) is 0. The minimum Gasteiger partial charge on any atom is -0.492 e. The second kappa shape index (κ2) is 6.53. The normalized spacial score (nSPS) is 11.0. The Hall–Kier alpha value is -2.53. The van der Waals surface area contributed by atoms with Crippen LogP contribution in [0.5, 0.6) is 5.75 Å². The van der Waals surface area contributed by atoms with E-state index in [2.05, 4.69) is 6.07 Å². The molecule has 0 saturated carbocycles. The van der Waals surface area contributed by atoms with Crippen LogP contribution in [0.25, 0.3) is 10.9 Å². The van der Waals surface area contributed by atoms with Crippen molar-refractivity contribution in [2.24, 2.45) is 0 Å². The molecular formula is C18H16ClNO4. The average molecular weight is 346 g/mol. The highest BCUT2D eigenvalue weighted by Gasteiger charge is 2.10. The van der Waals surface area contributed by atoms with Gasteiger partial charge in [0.25, 0.3) is 0 Å². The smallest absolute Gasteiger partial charge is 0.422 e. The van der Waals surface area contributed by atoms with Crippen LogP contribution in [0.4, 0.5) is 0 Å². The lowest BCUT2D eigenvalue weighted by Crippen LogP contribution is -2.27. The number of fused-ring (bicyclic) bond motifs is 1. The Morgan fingerprint density at radius 1 is 1.08 bits per heavy atom. The van der Waals surface area contributed by atoms with Gasteiger partial charge in [0.1, 0.15) is 12.4 Å². The number of aromatic nitrogens is 1. The number of rotatable bonds is 4. The zero-order valence-electron chi connectivity index (χ0n) is 13.3. The first kappa shape index (κ1) is 16.3. The molecule has 0 unspecified atom stereocenters. The predicted octanol–water partition coefficient (Wildman–Crippen LogP) is 3.30. The van der Waals surface area contributed by atoms with Gasteiger partial charge in [-0.3, -0.25) is 4.57 Å². The zero-order chi connectivity index (χ0) is 17.3. The summed E-state index contributed by atoms with van der Waals surface area (Å²) in [4.78, 5) is 23.8. The summed E-state index contributed by atoms with van der Waals surface area (Å²) in [6, 6.07) is 10.7. The van der Waals surface area contributed by atoms with Crippen LogP contribution in [0.1, 0.15) is 11.1 Å². The maximum Gasteiger partial charge on any atom is 0.422 e. The molecule has 0 N–H and O–H groups in total. The molecule has 0 bridgehead atoms. The van der Waals surface area contributed by atoms with E-state index >= 15 is 0 Å². The maximum absolute atomic E-state index is 12.0. The molecule has 0 aliphatic carbocycles. The molecule has 124 valence electrons. The number of halogens is 1. The highest BCUT2D eigenvalue weighted by atomic mass is 35.5. The highest BCUT2D eigenvalue weighted by Crippen LogP contribution is 2.17. The Morgan fingerprint density at radius 2 is 1.79 bits per heavy atom. The van der Waals surface area contributed by atoms with E-state index in [0.29, 0.717) is 10.5 Å². The van der Waals surface area contributed by atoms with E-state index in [1.807, 2.05) is 26.0 Å². The zero-order valence-corrected chi connectivity index (χ0v) is 14.1. The molecule has 0 spiro atoms. The number of hydrogen-bond donors (Lipinski definition) is 0. The summed E-state index contributed by atoms with van der Waals surface area (Å²) < 4.78 is 11.8. The molecule has 24 heavy (non-hydrogen) atoms. The van der Waals surface area contributed by atoms with E-state index in [1.54, 1.807) is 12.1 Å². The van der Waals surface area contributed by atoms with Crippen LogP contribution < -0.4 is 16.1 Å². The SMILES string of the molecule is Cc1cc(C)cc(OCCn2c(=O)oc(=O)c3cc(Cl)ccc32)c1. The van der Waals surface area contributed by atoms with Gasteiger partial charge in [-0.25, -0.2) is 9.59 Å². The third-order valence-corrected chi connectivity index (χ3v) is 3.88. The van der Waals surface area contributed by atoms with Gasteiger partial charge in [0.05, 0.1) is 17.4 Å². The number of benzene rings is 2. The van der Waals surface area contributed by atoms with Gasteiger partial charge in [-0.2, -0.15) is 0 Å². The van der Waals surface area contributed by atoms with Crippen LogP contribution in [0.2, 0.25) is 5.02 Å². The third-order valence-electron chi connectivity index (χ3n) is 3.65.